The fourth-order valence-corrected chi connectivity index (χ4v) is 2.57. The molecule has 0 unspecified atom stereocenters. The van der Waals surface area contributed by atoms with Crippen LogP contribution in [0, 0.1) is 0 Å². The Balaban J connectivity index is 2.08. The monoisotopic (exact) mass is 285 g/mol. The molecule has 100 valence electrons. The summed E-state index contributed by atoms with van der Waals surface area (Å²) in [7, 11) is 0. The summed E-state index contributed by atoms with van der Waals surface area (Å²) in [6.45, 7) is 0. The minimum Gasteiger partial charge on any atom is -0.399 e. The number of rotatable bonds is 2. The minimum atomic E-state index is 0.317. The maximum Gasteiger partial charge on any atom is 0.197 e. The van der Waals surface area contributed by atoms with Crippen molar-refractivity contribution < 1.29 is 0 Å². The maximum absolute atomic E-state index is 5.80. The first-order chi connectivity index (χ1) is 9.61. The van der Waals surface area contributed by atoms with Crippen molar-refractivity contribution >= 4 is 40.0 Å². The number of anilines is 3. The molecule has 0 fully saturated rings. The summed E-state index contributed by atoms with van der Waals surface area (Å²) in [5, 5.41) is 1.97. The van der Waals surface area contributed by atoms with Crippen molar-refractivity contribution in [1.82, 2.24) is 19.9 Å². The second-order valence-corrected chi connectivity index (χ2v) is 5.01. The number of nitrogen functional groups attached to an aromatic ring is 3. The van der Waals surface area contributed by atoms with Gasteiger partial charge in [-0.1, -0.05) is 0 Å². The molecule has 3 aromatic rings. The van der Waals surface area contributed by atoms with Gasteiger partial charge < -0.3 is 17.2 Å². The number of nitrogens with two attached hydrogens (primary N) is 3. The number of hydrogen-bond acceptors (Lipinski definition) is 8. The molecule has 1 aromatic carbocycles. The molecular formula is C12H11N7S. The molecule has 0 bridgehead atoms. The summed E-state index contributed by atoms with van der Waals surface area (Å²) in [5.74, 6) is 0.635. The normalized spacial score (nSPS) is 10.8. The van der Waals surface area contributed by atoms with E-state index >= 15 is 0 Å². The quantitative estimate of drug-likeness (QED) is 0.365. The van der Waals surface area contributed by atoms with E-state index in [9.17, 15) is 0 Å². The molecule has 7 nitrogen and oxygen atoms in total. The number of fused-ring (bicyclic) bond motifs is 1. The van der Waals surface area contributed by atoms with E-state index in [0.29, 0.717) is 27.5 Å². The van der Waals surface area contributed by atoms with Crippen molar-refractivity contribution in [3.8, 4) is 0 Å². The van der Waals surface area contributed by atoms with E-state index in [-0.39, 0.29) is 0 Å². The average Bonchev–Trinajstić information content (AvgIpc) is 2.38. The van der Waals surface area contributed by atoms with E-state index in [2.05, 4.69) is 19.9 Å². The van der Waals surface area contributed by atoms with Gasteiger partial charge in [-0.3, -0.25) is 0 Å². The zero-order valence-electron chi connectivity index (χ0n) is 10.3. The van der Waals surface area contributed by atoms with Crippen LogP contribution in [0.1, 0.15) is 0 Å². The van der Waals surface area contributed by atoms with Gasteiger partial charge in [0.05, 0.1) is 5.52 Å². The predicted octanol–water partition coefficient (Wildman–Crippen LogP) is 1.32. The zero-order valence-corrected chi connectivity index (χ0v) is 11.1. The minimum absolute atomic E-state index is 0.317. The van der Waals surface area contributed by atoms with Crippen LogP contribution in [0.2, 0.25) is 0 Å². The van der Waals surface area contributed by atoms with Crippen molar-refractivity contribution in [2.45, 2.75) is 10.2 Å². The summed E-state index contributed by atoms with van der Waals surface area (Å²) >= 11 is 1.27. The van der Waals surface area contributed by atoms with Gasteiger partial charge in [0, 0.05) is 17.1 Å². The largest absolute Gasteiger partial charge is 0.399 e. The van der Waals surface area contributed by atoms with Gasteiger partial charge in [-0.25, -0.2) is 19.9 Å². The zero-order chi connectivity index (χ0) is 14.1. The molecule has 2 heterocycles. The van der Waals surface area contributed by atoms with Crippen LogP contribution >= 0.6 is 11.8 Å². The molecule has 0 radical (unpaired) electrons. The van der Waals surface area contributed by atoms with E-state index in [4.69, 9.17) is 17.2 Å². The van der Waals surface area contributed by atoms with Crippen LogP contribution in [0.3, 0.4) is 0 Å². The lowest BCUT2D eigenvalue weighted by molar-refractivity contribution is 0.977. The lowest BCUT2D eigenvalue weighted by Gasteiger charge is -2.05. The summed E-state index contributed by atoms with van der Waals surface area (Å²) in [6.07, 6.45) is 1.48. The molecule has 0 amide bonds. The summed E-state index contributed by atoms with van der Waals surface area (Å²) in [5.41, 5.74) is 18.5. The third-order valence-electron chi connectivity index (χ3n) is 2.56. The van der Waals surface area contributed by atoms with Crippen molar-refractivity contribution in [1.29, 1.82) is 0 Å². The Morgan fingerprint density at radius 3 is 2.40 bits per heavy atom. The molecule has 0 saturated heterocycles. The molecule has 3 rings (SSSR count). The maximum atomic E-state index is 5.80. The first kappa shape index (κ1) is 12.4. The van der Waals surface area contributed by atoms with E-state index in [1.54, 1.807) is 6.07 Å². The van der Waals surface area contributed by atoms with E-state index < -0.39 is 0 Å². The molecule has 0 atom stereocenters. The molecular weight excluding hydrogens is 274 g/mol. The van der Waals surface area contributed by atoms with Gasteiger partial charge in [-0.2, -0.15) is 0 Å². The van der Waals surface area contributed by atoms with Crippen molar-refractivity contribution in [2.24, 2.45) is 0 Å². The van der Waals surface area contributed by atoms with Crippen LogP contribution in [-0.2, 0) is 0 Å². The molecule has 2 aromatic heterocycles. The summed E-state index contributed by atoms with van der Waals surface area (Å²) in [6, 6.07) is 6.94. The number of aromatic nitrogens is 4. The lowest BCUT2D eigenvalue weighted by atomic mass is 10.2. The Morgan fingerprint density at radius 1 is 0.900 bits per heavy atom. The third-order valence-corrected chi connectivity index (χ3v) is 3.44. The molecule has 6 N–H and O–H groups in total. The van der Waals surface area contributed by atoms with Gasteiger partial charge in [0.2, 0.25) is 0 Å². The Bertz CT molecular complexity index is 770. The fourth-order valence-electron chi connectivity index (χ4n) is 1.73. The third kappa shape index (κ3) is 2.41. The van der Waals surface area contributed by atoms with Crippen LogP contribution < -0.4 is 17.2 Å². The van der Waals surface area contributed by atoms with Crippen LogP contribution in [0.4, 0.5) is 17.3 Å². The summed E-state index contributed by atoms with van der Waals surface area (Å²) < 4.78 is 0. The Hall–Kier alpha value is -2.61. The highest BCUT2D eigenvalue weighted by Crippen LogP contribution is 2.30. The first-order valence-electron chi connectivity index (χ1n) is 5.70. The van der Waals surface area contributed by atoms with Gasteiger partial charge in [0.25, 0.3) is 0 Å². The van der Waals surface area contributed by atoms with E-state index in [1.807, 2.05) is 12.1 Å². The SMILES string of the molecule is Nc1ccc2ncnc(Sc3nc(N)cc(N)n3)c2c1. The molecule has 0 spiro atoms. The second-order valence-electron chi connectivity index (χ2n) is 4.06. The van der Waals surface area contributed by atoms with Crippen LogP contribution in [0.5, 0.6) is 0 Å². The Kier molecular flexibility index (Phi) is 2.99. The van der Waals surface area contributed by atoms with Crippen LogP contribution in [-0.4, -0.2) is 19.9 Å². The summed E-state index contributed by atoms with van der Waals surface area (Å²) in [4.78, 5) is 16.7. The number of hydrogen-bond donors (Lipinski definition) is 3. The fraction of sp³-hybridized carbons (Fsp3) is 0. The first-order valence-corrected chi connectivity index (χ1v) is 6.51. The van der Waals surface area contributed by atoms with Gasteiger partial charge in [-0.05, 0) is 30.0 Å². The Labute approximate surface area is 118 Å². The highest BCUT2D eigenvalue weighted by molar-refractivity contribution is 7.99. The standard InChI is InChI=1S/C12H11N7S/c13-6-1-2-8-7(3-6)11(17-5-16-8)20-12-18-9(14)4-10(15)19-12/h1-5H,13H2,(H4,14,15,18,19). The highest BCUT2D eigenvalue weighted by atomic mass is 32.2. The highest BCUT2D eigenvalue weighted by Gasteiger charge is 2.09. The second kappa shape index (κ2) is 4.82. The lowest BCUT2D eigenvalue weighted by Crippen LogP contribution is -1.99. The number of benzene rings is 1. The van der Waals surface area contributed by atoms with E-state index in [0.717, 1.165) is 10.9 Å². The molecule has 8 heteroatoms. The van der Waals surface area contributed by atoms with Gasteiger partial charge in [0.15, 0.2) is 5.16 Å². The average molecular weight is 285 g/mol. The van der Waals surface area contributed by atoms with Gasteiger partial charge in [0.1, 0.15) is 23.0 Å². The molecule has 0 saturated carbocycles. The molecule has 0 aliphatic rings. The predicted molar refractivity (Wildman–Crippen MR) is 78.9 cm³/mol. The van der Waals surface area contributed by atoms with Crippen molar-refractivity contribution in [3.05, 3.63) is 30.6 Å². The van der Waals surface area contributed by atoms with E-state index in [1.165, 1.54) is 24.2 Å². The van der Waals surface area contributed by atoms with Crippen molar-refractivity contribution in [2.75, 3.05) is 17.2 Å². The topological polar surface area (TPSA) is 130 Å². The van der Waals surface area contributed by atoms with Gasteiger partial charge >= 0.3 is 0 Å². The molecule has 20 heavy (non-hydrogen) atoms. The van der Waals surface area contributed by atoms with Crippen LogP contribution in [0.15, 0.2) is 40.8 Å². The molecule has 0 aliphatic carbocycles. The Morgan fingerprint density at radius 2 is 1.65 bits per heavy atom. The van der Waals surface area contributed by atoms with Crippen LogP contribution in [0.25, 0.3) is 10.9 Å². The molecule has 0 aliphatic heterocycles. The number of nitrogens with zero attached hydrogens (tertiary/aromatic N) is 4. The smallest absolute Gasteiger partial charge is 0.197 e. The van der Waals surface area contributed by atoms with Crippen molar-refractivity contribution in [3.63, 3.8) is 0 Å². The van der Waals surface area contributed by atoms with Gasteiger partial charge in [-0.15, -0.1) is 0 Å².